The van der Waals surface area contributed by atoms with Gasteiger partial charge in [-0.25, -0.2) is 9.37 Å². The van der Waals surface area contributed by atoms with E-state index in [1.165, 1.54) is 13.2 Å². The van der Waals surface area contributed by atoms with Gasteiger partial charge in [0.1, 0.15) is 5.82 Å². The molecule has 0 saturated carbocycles. The monoisotopic (exact) mass is 285 g/mol. The van der Waals surface area contributed by atoms with Gasteiger partial charge in [-0.05, 0) is 31.7 Å². The van der Waals surface area contributed by atoms with Crippen molar-refractivity contribution in [3.63, 3.8) is 0 Å². The third-order valence-corrected chi connectivity index (χ3v) is 6.23. The lowest BCUT2D eigenvalue weighted by atomic mass is 9.86. The normalized spacial score (nSPS) is 37.3. The van der Waals surface area contributed by atoms with Crippen LogP contribution in [0.25, 0.3) is 0 Å². The first-order valence-electron chi connectivity index (χ1n) is 6.35. The van der Waals surface area contributed by atoms with Crippen molar-refractivity contribution in [2.45, 2.75) is 41.8 Å². The highest BCUT2D eigenvalue weighted by atomic mass is 32.2. The third kappa shape index (κ3) is 2.07. The average molecular weight is 285 g/mol. The van der Waals surface area contributed by atoms with Crippen LogP contribution in [0.4, 0.5) is 4.39 Å². The van der Waals surface area contributed by atoms with Crippen LogP contribution in [0.3, 0.4) is 0 Å². The Hall–Kier alpha value is -1.01. The number of aliphatic hydroxyl groups is 1. The van der Waals surface area contributed by atoms with E-state index in [1.807, 2.05) is 0 Å². The van der Waals surface area contributed by atoms with Crippen molar-refractivity contribution in [2.75, 3.05) is 7.11 Å². The second-order valence-corrected chi connectivity index (χ2v) is 7.29. The number of halogens is 1. The molecule has 0 spiro atoms. The molecule has 3 heterocycles. The van der Waals surface area contributed by atoms with Gasteiger partial charge in [-0.15, -0.1) is 0 Å². The van der Waals surface area contributed by atoms with Crippen molar-refractivity contribution in [1.29, 1.82) is 0 Å². The molecule has 1 N–H and O–H groups in total. The van der Waals surface area contributed by atoms with Gasteiger partial charge in [0, 0.05) is 26.9 Å². The number of pyridine rings is 1. The number of ether oxygens (including phenoxy) is 1. The average Bonchev–Trinajstić information content (AvgIpc) is 2.63. The third-order valence-electron chi connectivity index (χ3n) is 4.11. The Morgan fingerprint density at radius 3 is 2.68 bits per heavy atom. The summed E-state index contributed by atoms with van der Waals surface area (Å²) in [4.78, 5) is 3.87. The molecule has 2 unspecified atom stereocenters. The fourth-order valence-electron chi connectivity index (χ4n) is 3.22. The summed E-state index contributed by atoms with van der Waals surface area (Å²) in [6, 6.07) is 1.28. The van der Waals surface area contributed by atoms with E-state index in [0.29, 0.717) is 18.4 Å². The van der Waals surface area contributed by atoms with Gasteiger partial charge in [0.25, 0.3) is 0 Å². The molecule has 2 aliphatic rings. The molecule has 0 amide bonds. The summed E-state index contributed by atoms with van der Waals surface area (Å²) in [5.74, 6) is -0.251. The van der Waals surface area contributed by atoms with Crippen molar-refractivity contribution in [1.82, 2.24) is 4.98 Å². The fourth-order valence-corrected chi connectivity index (χ4v) is 5.39. The topological polar surface area (TPSA) is 59.4 Å². The van der Waals surface area contributed by atoms with Crippen molar-refractivity contribution < 1.29 is 18.4 Å². The van der Waals surface area contributed by atoms with E-state index in [-0.39, 0.29) is 16.4 Å². The Labute approximate surface area is 113 Å². The van der Waals surface area contributed by atoms with Crippen molar-refractivity contribution in [3.05, 3.63) is 23.6 Å². The van der Waals surface area contributed by atoms with Crippen LogP contribution in [0.15, 0.2) is 12.3 Å². The number of nitrogens with zero attached hydrogens (tertiary/aromatic N) is 1. The summed E-state index contributed by atoms with van der Waals surface area (Å²) in [5, 5.41) is 10.9. The Balaban J connectivity index is 2.02. The van der Waals surface area contributed by atoms with E-state index in [1.54, 1.807) is 0 Å². The molecule has 6 heteroatoms. The largest absolute Gasteiger partial charge is 0.481 e. The maximum atomic E-state index is 13.4. The molecular weight excluding hydrogens is 269 g/mol. The highest BCUT2D eigenvalue weighted by Crippen LogP contribution is 2.47. The summed E-state index contributed by atoms with van der Waals surface area (Å²) in [5.41, 5.74) is -0.802. The smallest absolute Gasteiger partial charge is 0.219 e. The Morgan fingerprint density at radius 2 is 2.11 bits per heavy atom. The Bertz CT molecular complexity index is 521. The molecule has 0 radical (unpaired) electrons. The molecule has 2 saturated heterocycles. The molecule has 1 aromatic rings. The highest BCUT2D eigenvalue weighted by Gasteiger charge is 2.49. The number of rotatable bonds is 2. The first kappa shape index (κ1) is 13.0. The van der Waals surface area contributed by atoms with Gasteiger partial charge in [0.15, 0.2) is 0 Å². The van der Waals surface area contributed by atoms with E-state index < -0.39 is 22.2 Å². The lowest BCUT2D eigenvalue weighted by Gasteiger charge is -2.36. The van der Waals surface area contributed by atoms with Gasteiger partial charge in [-0.3, -0.25) is 4.21 Å². The maximum Gasteiger partial charge on any atom is 0.219 e. The molecular formula is C13H16FNO3S. The van der Waals surface area contributed by atoms with Crippen LogP contribution in [-0.2, 0) is 16.4 Å². The number of methoxy groups -OCH3 is 1. The molecule has 19 heavy (non-hydrogen) atoms. The summed E-state index contributed by atoms with van der Waals surface area (Å²) >= 11 is 0. The van der Waals surface area contributed by atoms with E-state index in [0.717, 1.165) is 19.0 Å². The maximum absolute atomic E-state index is 13.4. The lowest BCUT2D eigenvalue weighted by molar-refractivity contribution is 0.0154. The highest BCUT2D eigenvalue weighted by molar-refractivity contribution is 7.86. The molecule has 1 aromatic heterocycles. The SMILES string of the molecule is COc1ncc(F)cc1C1(O)CC2CCC(C1)S2=O. The zero-order valence-corrected chi connectivity index (χ0v) is 11.5. The fraction of sp³-hybridized carbons (Fsp3) is 0.615. The Morgan fingerprint density at radius 1 is 1.47 bits per heavy atom. The van der Waals surface area contributed by atoms with E-state index in [2.05, 4.69) is 4.98 Å². The van der Waals surface area contributed by atoms with Gasteiger partial charge in [-0.1, -0.05) is 0 Å². The zero-order valence-electron chi connectivity index (χ0n) is 10.6. The van der Waals surface area contributed by atoms with Gasteiger partial charge in [-0.2, -0.15) is 0 Å². The minimum atomic E-state index is -1.18. The molecule has 0 aliphatic carbocycles. The summed E-state index contributed by atoms with van der Waals surface area (Å²) in [7, 11) is 0.579. The van der Waals surface area contributed by atoms with Gasteiger partial charge in [0.05, 0.1) is 18.9 Å². The standard InChI is InChI=1S/C13H16FNO3S/c1-18-12-11(4-8(14)7-15-12)13(16)5-9-2-3-10(6-13)19(9)17/h4,7,9-10,16H,2-3,5-6H2,1H3. The van der Waals surface area contributed by atoms with Crippen molar-refractivity contribution >= 4 is 10.8 Å². The summed E-state index contributed by atoms with van der Waals surface area (Å²) in [6.07, 6.45) is 3.58. The van der Waals surface area contributed by atoms with Gasteiger partial charge < -0.3 is 9.84 Å². The first-order chi connectivity index (χ1) is 9.03. The van der Waals surface area contributed by atoms with E-state index in [9.17, 15) is 13.7 Å². The number of hydrogen-bond acceptors (Lipinski definition) is 4. The van der Waals surface area contributed by atoms with Crippen LogP contribution in [0.1, 0.15) is 31.2 Å². The van der Waals surface area contributed by atoms with Crippen LogP contribution in [0.2, 0.25) is 0 Å². The number of hydrogen-bond donors (Lipinski definition) is 1. The predicted molar refractivity (Wildman–Crippen MR) is 68.8 cm³/mol. The minimum Gasteiger partial charge on any atom is -0.481 e. The summed E-state index contributed by atoms with van der Waals surface area (Å²) < 4.78 is 30.5. The first-order valence-corrected chi connectivity index (χ1v) is 7.63. The quantitative estimate of drug-likeness (QED) is 0.894. The van der Waals surface area contributed by atoms with Crippen molar-refractivity contribution in [2.24, 2.45) is 0 Å². The zero-order chi connectivity index (χ0) is 13.6. The minimum absolute atomic E-state index is 0.00303. The number of aromatic nitrogens is 1. The van der Waals surface area contributed by atoms with Crippen LogP contribution >= 0.6 is 0 Å². The van der Waals surface area contributed by atoms with Crippen LogP contribution in [0.5, 0.6) is 5.88 Å². The van der Waals surface area contributed by atoms with Gasteiger partial charge in [0.2, 0.25) is 5.88 Å². The second-order valence-electron chi connectivity index (χ2n) is 5.30. The second kappa shape index (κ2) is 4.52. The summed E-state index contributed by atoms with van der Waals surface area (Å²) in [6.45, 7) is 0. The van der Waals surface area contributed by atoms with Crippen molar-refractivity contribution in [3.8, 4) is 5.88 Å². The van der Waals surface area contributed by atoms with Crippen LogP contribution in [-0.4, -0.2) is 31.9 Å². The molecule has 4 nitrogen and oxygen atoms in total. The molecule has 2 atom stereocenters. The molecule has 2 aliphatic heterocycles. The predicted octanol–water partition coefficient (Wildman–Crippen LogP) is 1.49. The molecule has 3 rings (SSSR count). The number of fused-ring (bicyclic) bond motifs is 2. The molecule has 0 aromatic carbocycles. The van der Waals surface area contributed by atoms with Crippen LogP contribution in [0, 0.1) is 5.82 Å². The van der Waals surface area contributed by atoms with E-state index in [4.69, 9.17) is 4.74 Å². The molecule has 2 bridgehead atoms. The lowest BCUT2D eigenvalue weighted by Crippen LogP contribution is -2.40. The Kier molecular flexibility index (Phi) is 3.09. The van der Waals surface area contributed by atoms with Gasteiger partial charge >= 0.3 is 0 Å². The molecule has 2 fully saturated rings. The molecule has 104 valence electrons. The van der Waals surface area contributed by atoms with Crippen LogP contribution < -0.4 is 4.74 Å². The van der Waals surface area contributed by atoms with E-state index >= 15 is 0 Å².